The Kier molecular flexibility index (Phi) is 5.43. The molecule has 3 rings (SSSR count). The van der Waals surface area contributed by atoms with Crippen LogP contribution in [0, 0.1) is 17.8 Å². The minimum absolute atomic E-state index is 0.0294. The van der Waals surface area contributed by atoms with Gasteiger partial charge in [0.1, 0.15) is 11.4 Å². The molecule has 1 aliphatic carbocycles. The average molecular weight is 371 g/mol. The summed E-state index contributed by atoms with van der Waals surface area (Å²) in [5.41, 5.74) is -0.596. The number of nitrogens with zero attached hydrogens (tertiary/aromatic N) is 1. The Hall–Kier alpha value is -2.52. The van der Waals surface area contributed by atoms with Crippen molar-refractivity contribution in [1.82, 2.24) is 4.98 Å². The molecule has 0 radical (unpaired) electrons. The predicted octanol–water partition coefficient (Wildman–Crippen LogP) is 2.95. The molecule has 2 aliphatic rings. The van der Waals surface area contributed by atoms with Gasteiger partial charge in [-0.2, -0.15) is 0 Å². The van der Waals surface area contributed by atoms with E-state index in [1.54, 1.807) is 39.3 Å². The van der Waals surface area contributed by atoms with Crippen LogP contribution in [-0.2, 0) is 14.3 Å². The summed E-state index contributed by atoms with van der Waals surface area (Å²) in [6.45, 7) is 3.34. The Labute approximate surface area is 159 Å². The van der Waals surface area contributed by atoms with Gasteiger partial charge in [-0.15, -0.1) is 0 Å². The van der Waals surface area contributed by atoms with Crippen molar-refractivity contribution in [2.45, 2.75) is 57.3 Å². The maximum absolute atomic E-state index is 11.8. The Balaban J connectivity index is 1.86. The van der Waals surface area contributed by atoms with Crippen molar-refractivity contribution < 1.29 is 24.1 Å². The average Bonchev–Trinajstić information content (AvgIpc) is 3.14. The van der Waals surface area contributed by atoms with Crippen molar-refractivity contribution in [3.63, 3.8) is 0 Å². The standard InChI is InChI=1S/C21H25NO5/c1-20(2)26-17(12-19(23)27-20)13-21(24,16-6-4-5-7-16)11-10-15-8-9-18(25-3)22-14-15/h8-9,12,14,16,24H,4-7,13H2,1-3H3. The molecule has 6 heteroatoms. The molecule has 0 aromatic carbocycles. The lowest BCUT2D eigenvalue weighted by atomic mass is 9.82. The molecule has 0 bridgehead atoms. The molecule has 1 N–H and O–H groups in total. The summed E-state index contributed by atoms with van der Waals surface area (Å²) in [4.78, 5) is 16.0. The second-order valence-corrected chi connectivity index (χ2v) is 7.46. The molecule has 27 heavy (non-hydrogen) atoms. The number of carbonyl (C=O) groups is 1. The van der Waals surface area contributed by atoms with Crippen LogP contribution in [0.15, 0.2) is 30.2 Å². The van der Waals surface area contributed by atoms with E-state index in [-0.39, 0.29) is 12.3 Å². The van der Waals surface area contributed by atoms with Gasteiger partial charge in [0.2, 0.25) is 11.7 Å². The number of hydrogen-bond acceptors (Lipinski definition) is 6. The summed E-state index contributed by atoms with van der Waals surface area (Å²) in [5, 5.41) is 11.4. The van der Waals surface area contributed by atoms with E-state index < -0.39 is 17.4 Å². The summed E-state index contributed by atoms with van der Waals surface area (Å²) in [6.07, 6.45) is 6.96. The van der Waals surface area contributed by atoms with E-state index in [1.165, 1.54) is 6.08 Å². The smallest absolute Gasteiger partial charge is 0.337 e. The number of aromatic nitrogens is 1. The monoisotopic (exact) mass is 371 g/mol. The molecule has 1 saturated carbocycles. The molecular formula is C21H25NO5. The molecule has 1 aromatic rings. The van der Waals surface area contributed by atoms with Crippen LogP contribution in [-0.4, -0.2) is 34.6 Å². The molecule has 1 atom stereocenters. The number of ether oxygens (including phenoxy) is 3. The zero-order valence-electron chi connectivity index (χ0n) is 15.9. The topological polar surface area (TPSA) is 77.9 Å². The van der Waals surface area contributed by atoms with Crippen LogP contribution in [0.1, 0.15) is 51.5 Å². The first kappa shape index (κ1) is 19.2. The Bertz CT molecular complexity index is 781. The minimum Gasteiger partial charge on any atom is -0.481 e. The number of hydrogen-bond donors (Lipinski definition) is 1. The number of carbonyl (C=O) groups excluding carboxylic acids is 1. The second-order valence-electron chi connectivity index (χ2n) is 7.46. The third-order valence-electron chi connectivity index (χ3n) is 4.85. The fourth-order valence-corrected chi connectivity index (χ4v) is 3.57. The summed E-state index contributed by atoms with van der Waals surface area (Å²) in [6, 6.07) is 3.52. The maximum Gasteiger partial charge on any atom is 0.337 e. The number of esters is 1. The lowest BCUT2D eigenvalue weighted by molar-refractivity contribution is -0.207. The first-order valence-corrected chi connectivity index (χ1v) is 9.18. The quantitative estimate of drug-likeness (QED) is 0.648. The van der Waals surface area contributed by atoms with E-state index in [0.29, 0.717) is 17.2 Å². The number of aliphatic hydroxyl groups is 1. The molecular weight excluding hydrogens is 346 g/mol. The summed E-state index contributed by atoms with van der Waals surface area (Å²) in [7, 11) is 1.55. The molecule has 144 valence electrons. The fourth-order valence-electron chi connectivity index (χ4n) is 3.57. The van der Waals surface area contributed by atoms with Crippen molar-refractivity contribution in [2.24, 2.45) is 5.92 Å². The van der Waals surface area contributed by atoms with E-state index in [9.17, 15) is 9.90 Å². The lowest BCUT2D eigenvalue weighted by Gasteiger charge is -2.35. The molecule has 0 saturated heterocycles. The highest BCUT2D eigenvalue weighted by Crippen LogP contribution is 2.39. The third kappa shape index (κ3) is 4.81. The number of cyclic esters (lactones) is 1. The highest BCUT2D eigenvalue weighted by atomic mass is 16.7. The van der Waals surface area contributed by atoms with Gasteiger partial charge in [0.05, 0.1) is 13.2 Å². The second kappa shape index (κ2) is 7.61. The number of methoxy groups -OCH3 is 1. The van der Waals surface area contributed by atoms with Gasteiger partial charge in [-0.25, -0.2) is 9.78 Å². The summed E-state index contributed by atoms with van der Waals surface area (Å²) < 4.78 is 15.9. The van der Waals surface area contributed by atoms with E-state index in [4.69, 9.17) is 14.2 Å². The van der Waals surface area contributed by atoms with Crippen LogP contribution < -0.4 is 4.74 Å². The maximum atomic E-state index is 11.8. The lowest BCUT2D eigenvalue weighted by Crippen LogP contribution is -2.40. The predicted molar refractivity (Wildman–Crippen MR) is 98.5 cm³/mol. The zero-order valence-corrected chi connectivity index (χ0v) is 15.9. The molecule has 0 spiro atoms. The van der Waals surface area contributed by atoms with Gasteiger partial charge in [-0.3, -0.25) is 0 Å². The van der Waals surface area contributed by atoms with Crippen molar-refractivity contribution in [3.05, 3.63) is 35.7 Å². The largest absolute Gasteiger partial charge is 0.481 e. The summed E-state index contributed by atoms with van der Waals surface area (Å²) >= 11 is 0. The molecule has 6 nitrogen and oxygen atoms in total. The molecule has 0 amide bonds. The van der Waals surface area contributed by atoms with Crippen LogP contribution in [0.4, 0.5) is 0 Å². The van der Waals surface area contributed by atoms with Gasteiger partial charge in [0.25, 0.3) is 0 Å². The van der Waals surface area contributed by atoms with Gasteiger partial charge in [0.15, 0.2) is 0 Å². The SMILES string of the molecule is COc1ccc(C#CC(O)(CC2=CC(=O)OC(C)(C)O2)C2CCCC2)cn1. The van der Waals surface area contributed by atoms with Crippen molar-refractivity contribution in [2.75, 3.05) is 7.11 Å². The van der Waals surface area contributed by atoms with Gasteiger partial charge in [-0.05, 0) is 24.8 Å². The minimum atomic E-state index is -1.28. The normalized spacial score (nSPS) is 21.2. The number of pyridine rings is 1. The third-order valence-corrected chi connectivity index (χ3v) is 4.85. The van der Waals surface area contributed by atoms with Gasteiger partial charge >= 0.3 is 5.97 Å². The first-order chi connectivity index (χ1) is 12.8. The van der Waals surface area contributed by atoms with E-state index in [1.807, 2.05) is 0 Å². The van der Waals surface area contributed by atoms with E-state index in [0.717, 1.165) is 25.7 Å². The molecule has 1 unspecified atom stereocenters. The van der Waals surface area contributed by atoms with Gasteiger partial charge < -0.3 is 19.3 Å². The van der Waals surface area contributed by atoms with E-state index in [2.05, 4.69) is 16.8 Å². The van der Waals surface area contributed by atoms with Crippen LogP contribution in [0.2, 0.25) is 0 Å². The Morgan fingerprint density at radius 1 is 1.33 bits per heavy atom. The molecule has 1 fully saturated rings. The van der Waals surface area contributed by atoms with Crippen molar-refractivity contribution in [1.29, 1.82) is 0 Å². The van der Waals surface area contributed by atoms with Crippen LogP contribution in [0.5, 0.6) is 5.88 Å². The van der Waals surface area contributed by atoms with Crippen LogP contribution in [0.3, 0.4) is 0 Å². The van der Waals surface area contributed by atoms with Crippen molar-refractivity contribution >= 4 is 5.97 Å². The Morgan fingerprint density at radius 2 is 2.07 bits per heavy atom. The van der Waals surface area contributed by atoms with Gasteiger partial charge in [0, 0.05) is 38.1 Å². The Morgan fingerprint density at radius 3 is 2.67 bits per heavy atom. The molecule has 1 aromatic heterocycles. The summed E-state index contributed by atoms with van der Waals surface area (Å²) in [5.74, 6) is 5.46. The molecule has 2 heterocycles. The highest BCUT2D eigenvalue weighted by molar-refractivity contribution is 5.83. The first-order valence-electron chi connectivity index (χ1n) is 9.18. The zero-order chi connectivity index (χ0) is 19.5. The van der Waals surface area contributed by atoms with Gasteiger partial charge in [-0.1, -0.05) is 24.7 Å². The highest BCUT2D eigenvalue weighted by Gasteiger charge is 2.41. The number of rotatable bonds is 4. The van der Waals surface area contributed by atoms with Crippen molar-refractivity contribution in [3.8, 4) is 17.7 Å². The van der Waals surface area contributed by atoms with Crippen LogP contribution >= 0.6 is 0 Å². The van der Waals surface area contributed by atoms with E-state index >= 15 is 0 Å². The van der Waals surface area contributed by atoms with Crippen LogP contribution in [0.25, 0.3) is 0 Å². The fraction of sp³-hybridized carbons (Fsp3) is 0.524. The molecule has 1 aliphatic heterocycles.